The van der Waals surface area contributed by atoms with E-state index in [0.717, 1.165) is 11.1 Å². The van der Waals surface area contributed by atoms with Crippen molar-refractivity contribution in [2.45, 2.75) is 6.42 Å². The molecule has 0 saturated carbocycles. The molecular weight excluding hydrogens is 616 g/mol. The zero-order valence-electron chi connectivity index (χ0n) is 27.0. The molecule has 0 aliphatic rings. The number of ketones is 3. The van der Waals surface area contributed by atoms with E-state index >= 15 is 0 Å². The van der Waals surface area contributed by atoms with Gasteiger partial charge in [-0.3, -0.25) is 14.4 Å². The quantitative estimate of drug-likeness (QED) is 0.144. The van der Waals surface area contributed by atoms with Gasteiger partial charge in [-0.2, -0.15) is 0 Å². The van der Waals surface area contributed by atoms with E-state index in [1.165, 1.54) is 26.4 Å². The Morgan fingerprint density at radius 1 is 0.449 bits per heavy atom. The minimum atomic E-state index is -0.329. The van der Waals surface area contributed by atoms with E-state index in [9.17, 15) is 24.6 Å². The highest BCUT2D eigenvalue weighted by Gasteiger charge is 2.21. The number of carbonyl (C=O) groups is 3. The van der Waals surface area contributed by atoms with Crippen molar-refractivity contribution in [1.82, 2.24) is 0 Å². The summed E-state index contributed by atoms with van der Waals surface area (Å²) in [5.74, 6) is -0.231. The summed E-state index contributed by atoms with van der Waals surface area (Å²) in [5, 5.41) is 21.0. The van der Waals surface area contributed by atoms with Crippen molar-refractivity contribution < 1.29 is 34.1 Å². The first kappa shape index (κ1) is 33.9. The minimum absolute atomic E-state index is 0.0752. The number of phenols is 2. The average Bonchev–Trinajstić information content (AvgIpc) is 3.16. The fraction of sp³-hybridized carbons (Fsp3) is 0.0714. The van der Waals surface area contributed by atoms with Gasteiger partial charge < -0.3 is 19.7 Å². The number of aromatic hydroxyl groups is 2. The van der Waals surface area contributed by atoms with Crippen LogP contribution in [0.15, 0.2) is 146 Å². The summed E-state index contributed by atoms with van der Waals surface area (Å²) in [6, 6.07) is 41.9. The molecule has 0 aliphatic heterocycles. The number of rotatable bonds is 10. The highest BCUT2D eigenvalue weighted by Crippen LogP contribution is 2.36. The molecule has 0 aliphatic carbocycles. The van der Waals surface area contributed by atoms with E-state index < -0.39 is 0 Å². The molecule has 6 rings (SSSR count). The molecule has 49 heavy (non-hydrogen) atoms. The summed E-state index contributed by atoms with van der Waals surface area (Å²) in [5.41, 5.74) is 3.82. The highest BCUT2D eigenvalue weighted by molar-refractivity contribution is 6.12. The number of hydrogen-bond donors (Lipinski definition) is 2. The molecular formula is C42H34O7. The summed E-state index contributed by atoms with van der Waals surface area (Å²) in [4.78, 5) is 37.9. The standard InChI is InChI=1S/C29H24O6.C13H10O/c1-34-26-16-24(30)22(28(32)18-9-5-3-6-10-18)14-20(26)13-21-15-23(25(31)17-27(21)35-2)29(33)19-11-7-4-8-12-19;14-13(11-7-3-1-4-8-11)12-9-5-2-6-10-12/h3-12,14-17,30-31H,13H2,1-2H3;1-10H. The molecule has 0 spiro atoms. The Kier molecular flexibility index (Phi) is 11.0. The molecule has 0 bridgehead atoms. The summed E-state index contributed by atoms with van der Waals surface area (Å²) >= 11 is 0. The first-order valence-electron chi connectivity index (χ1n) is 15.4. The monoisotopic (exact) mass is 650 g/mol. The molecule has 2 N–H and O–H groups in total. The zero-order chi connectivity index (χ0) is 34.8. The molecule has 0 saturated heterocycles. The molecule has 0 amide bonds. The van der Waals surface area contributed by atoms with Gasteiger partial charge in [0, 0.05) is 40.8 Å². The average molecular weight is 651 g/mol. The van der Waals surface area contributed by atoms with Crippen LogP contribution in [-0.4, -0.2) is 41.8 Å². The van der Waals surface area contributed by atoms with Crippen molar-refractivity contribution in [1.29, 1.82) is 0 Å². The molecule has 0 atom stereocenters. The second-order valence-electron chi connectivity index (χ2n) is 11.0. The van der Waals surface area contributed by atoms with Crippen molar-refractivity contribution in [3.05, 3.63) is 190 Å². The lowest BCUT2D eigenvalue weighted by Gasteiger charge is -2.16. The number of methoxy groups -OCH3 is 2. The fourth-order valence-corrected chi connectivity index (χ4v) is 5.29. The van der Waals surface area contributed by atoms with E-state index in [-0.39, 0.29) is 46.4 Å². The topological polar surface area (TPSA) is 110 Å². The maximum Gasteiger partial charge on any atom is 0.196 e. The maximum absolute atomic E-state index is 13.0. The third kappa shape index (κ3) is 8.10. The van der Waals surface area contributed by atoms with Crippen LogP contribution in [0.2, 0.25) is 0 Å². The van der Waals surface area contributed by atoms with E-state index in [1.807, 2.05) is 72.8 Å². The zero-order valence-corrected chi connectivity index (χ0v) is 27.0. The van der Waals surface area contributed by atoms with E-state index in [0.29, 0.717) is 33.8 Å². The minimum Gasteiger partial charge on any atom is -0.507 e. The summed E-state index contributed by atoms with van der Waals surface area (Å²) in [6.45, 7) is 0. The number of ether oxygens (including phenoxy) is 2. The van der Waals surface area contributed by atoms with Gasteiger partial charge in [0.2, 0.25) is 0 Å². The van der Waals surface area contributed by atoms with Crippen LogP contribution in [0.3, 0.4) is 0 Å². The molecule has 6 aromatic rings. The van der Waals surface area contributed by atoms with Gasteiger partial charge in [0.05, 0.1) is 25.3 Å². The van der Waals surface area contributed by atoms with Crippen LogP contribution in [-0.2, 0) is 6.42 Å². The lowest BCUT2D eigenvalue weighted by Crippen LogP contribution is -2.06. The van der Waals surface area contributed by atoms with Crippen LogP contribution >= 0.6 is 0 Å². The molecule has 0 unspecified atom stereocenters. The van der Waals surface area contributed by atoms with Crippen molar-refractivity contribution in [2.75, 3.05) is 14.2 Å². The van der Waals surface area contributed by atoms with Gasteiger partial charge in [0.1, 0.15) is 23.0 Å². The third-order valence-corrected chi connectivity index (χ3v) is 7.81. The Morgan fingerprint density at radius 2 is 0.735 bits per heavy atom. The molecule has 7 heteroatoms. The lowest BCUT2D eigenvalue weighted by atomic mass is 9.94. The summed E-state index contributed by atoms with van der Waals surface area (Å²) < 4.78 is 10.9. The van der Waals surface area contributed by atoms with Gasteiger partial charge in [-0.15, -0.1) is 0 Å². The first-order valence-corrected chi connectivity index (χ1v) is 15.4. The van der Waals surface area contributed by atoms with Crippen LogP contribution in [0.5, 0.6) is 23.0 Å². The Morgan fingerprint density at radius 3 is 1.02 bits per heavy atom. The van der Waals surface area contributed by atoms with Crippen molar-refractivity contribution >= 4 is 17.3 Å². The van der Waals surface area contributed by atoms with Gasteiger partial charge in [0.15, 0.2) is 17.3 Å². The Hall–Kier alpha value is -6.47. The second-order valence-corrected chi connectivity index (χ2v) is 11.0. The lowest BCUT2D eigenvalue weighted by molar-refractivity contribution is 0.102. The van der Waals surface area contributed by atoms with Gasteiger partial charge in [-0.05, 0) is 23.3 Å². The molecule has 0 aromatic heterocycles. The Balaban J connectivity index is 0.000000278. The Labute approximate surface area is 284 Å². The largest absolute Gasteiger partial charge is 0.507 e. The van der Waals surface area contributed by atoms with Crippen LogP contribution < -0.4 is 9.47 Å². The van der Waals surface area contributed by atoms with E-state index in [1.54, 1.807) is 60.7 Å². The molecule has 0 heterocycles. The fourth-order valence-electron chi connectivity index (χ4n) is 5.29. The van der Waals surface area contributed by atoms with Gasteiger partial charge >= 0.3 is 0 Å². The number of carbonyl (C=O) groups excluding carboxylic acids is 3. The van der Waals surface area contributed by atoms with Gasteiger partial charge in [0.25, 0.3) is 0 Å². The van der Waals surface area contributed by atoms with Crippen molar-refractivity contribution in [3.8, 4) is 23.0 Å². The van der Waals surface area contributed by atoms with Crippen LogP contribution in [0.25, 0.3) is 0 Å². The third-order valence-electron chi connectivity index (χ3n) is 7.81. The molecule has 7 nitrogen and oxygen atoms in total. The Bertz CT molecular complexity index is 1910. The van der Waals surface area contributed by atoms with E-state index in [2.05, 4.69) is 0 Å². The molecule has 6 aromatic carbocycles. The van der Waals surface area contributed by atoms with Crippen LogP contribution in [0.4, 0.5) is 0 Å². The maximum atomic E-state index is 13.0. The molecule has 0 fully saturated rings. The SMILES string of the molecule is COc1cc(O)c(C(=O)c2ccccc2)cc1Cc1cc(C(=O)c2ccccc2)c(O)cc1OC.O=C(c1ccccc1)c1ccccc1. The molecule has 244 valence electrons. The smallest absolute Gasteiger partial charge is 0.196 e. The summed E-state index contributed by atoms with van der Waals surface area (Å²) in [6.07, 6.45) is 0.219. The second kappa shape index (κ2) is 15.9. The predicted molar refractivity (Wildman–Crippen MR) is 188 cm³/mol. The summed E-state index contributed by atoms with van der Waals surface area (Å²) in [7, 11) is 2.94. The molecule has 0 radical (unpaired) electrons. The number of benzene rings is 6. The first-order chi connectivity index (χ1) is 23.8. The van der Waals surface area contributed by atoms with Crippen LogP contribution in [0, 0.1) is 0 Å². The van der Waals surface area contributed by atoms with Crippen molar-refractivity contribution in [3.63, 3.8) is 0 Å². The van der Waals surface area contributed by atoms with E-state index in [4.69, 9.17) is 9.47 Å². The van der Waals surface area contributed by atoms with Crippen molar-refractivity contribution in [2.24, 2.45) is 0 Å². The number of phenolic OH excluding ortho intramolecular Hbond substituents is 2. The normalized spacial score (nSPS) is 10.3. The highest BCUT2D eigenvalue weighted by atomic mass is 16.5. The van der Waals surface area contributed by atoms with Gasteiger partial charge in [-0.25, -0.2) is 0 Å². The van der Waals surface area contributed by atoms with Gasteiger partial charge in [-0.1, -0.05) is 121 Å². The van der Waals surface area contributed by atoms with Crippen LogP contribution in [0.1, 0.15) is 58.9 Å². The predicted octanol–water partition coefficient (Wildman–Crippen LogP) is 8.09. The number of hydrogen-bond acceptors (Lipinski definition) is 7.